The molecule has 1 aliphatic rings. The molecule has 26 heavy (non-hydrogen) atoms. The van der Waals surface area contributed by atoms with Gasteiger partial charge in [-0.25, -0.2) is 0 Å². The van der Waals surface area contributed by atoms with Crippen LogP contribution >= 0.6 is 11.6 Å². The van der Waals surface area contributed by atoms with Crippen molar-refractivity contribution in [2.24, 2.45) is 0 Å². The predicted molar refractivity (Wildman–Crippen MR) is 95.2 cm³/mol. The van der Waals surface area contributed by atoms with Crippen molar-refractivity contribution in [3.63, 3.8) is 0 Å². The van der Waals surface area contributed by atoms with Gasteiger partial charge in [0, 0.05) is 11.6 Å². The minimum Gasteiger partial charge on any atom is -0.490 e. The van der Waals surface area contributed by atoms with Crippen molar-refractivity contribution >= 4 is 29.3 Å². The molecule has 0 unspecified atom stereocenters. The lowest BCUT2D eigenvalue weighted by Gasteiger charge is -2.15. The van der Waals surface area contributed by atoms with E-state index in [9.17, 15) is 14.4 Å². The zero-order valence-corrected chi connectivity index (χ0v) is 15.4. The van der Waals surface area contributed by atoms with E-state index in [2.05, 4.69) is 16.2 Å². The van der Waals surface area contributed by atoms with Crippen LogP contribution in [0, 0.1) is 0 Å². The second-order valence-corrected chi connectivity index (χ2v) is 6.13. The van der Waals surface area contributed by atoms with Gasteiger partial charge in [-0.05, 0) is 38.3 Å². The first kappa shape index (κ1) is 19.8. The number of ether oxygens (including phenoxy) is 2. The number of carbonyl (C=O) groups excluding carboxylic acids is 3. The summed E-state index contributed by atoms with van der Waals surface area (Å²) >= 11 is 6.19. The normalized spacial score (nSPS) is 12.9. The first-order valence-electron chi connectivity index (χ1n) is 8.46. The molecule has 1 fully saturated rings. The largest absolute Gasteiger partial charge is 0.490 e. The van der Waals surface area contributed by atoms with E-state index in [1.54, 1.807) is 6.92 Å². The third-order valence-electron chi connectivity index (χ3n) is 3.43. The number of rotatable bonds is 7. The summed E-state index contributed by atoms with van der Waals surface area (Å²) in [4.78, 5) is 35.4. The SMILES string of the molecule is CCCOc1c(Cl)cc(C(=O)NNC(=O)C(=O)NC2CC2)cc1OCC. The van der Waals surface area contributed by atoms with Gasteiger partial charge in [0.05, 0.1) is 18.2 Å². The van der Waals surface area contributed by atoms with Crippen LogP contribution in [0.15, 0.2) is 12.1 Å². The van der Waals surface area contributed by atoms with Crippen molar-refractivity contribution in [3.05, 3.63) is 22.7 Å². The quantitative estimate of drug-likeness (QED) is 0.489. The zero-order valence-electron chi connectivity index (χ0n) is 14.7. The molecule has 0 radical (unpaired) electrons. The molecular formula is C17H22ClN3O5. The molecule has 1 aromatic carbocycles. The van der Waals surface area contributed by atoms with E-state index in [0.717, 1.165) is 19.3 Å². The van der Waals surface area contributed by atoms with Gasteiger partial charge in [0.25, 0.3) is 5.91 Å². The first-order valence-corrected chi connectivity index (χ1v) is 8.84. The number of nitrogens with one attached hydrogen (secondary N) is 3. The van der Waals surface area contributed by atoms with Gasteiger partial charge in [-0.3, -0.25) is 25.2 Å². The topological polar surface area (TPSA) is 106 Å². The molecule has 0 spiro atoms. The van der Waals surface area contributed by atoms with E-state index in [0.29, 0.717) is 24.7 Å². The van der Waals surface area contributed by atoms with Gasteiger partial charge in [-0.1, -0.05) is 18.5 Å². The number of carbonyl (C=O) groups is 3. The van der Waals surface area contributed by atoms with Crippen molar-refractivity contribution in [1.29, 1.82) is 0 Å². The highest BCUT2D eigenvalue weighted by Crippen LogP contribution is 2.36. The van der Waals surface area contributed by atoms with Crippen LogP contribution in [0.5, 0.6) is 11.5 Å². The summed E-state index contributed by atoms with van der Waals surface area (Å²) in [5, 5.41) is 2.73. The lowest BCUT2D eigenvalue weighted by molar-refractivity contribution is -0.139. The molecule has 8 nitrogen and oxygen atoms in total. The summed E-state index contributed by atoms with van der Waals surface area (Å²) in [5.41, 5.74) is 4.40. The Morgan fingerprint density at radius 3 is 2.46 bits per heavy atom. The number of hydrogen-bond donors (Lipinski definition) is 3. The van der Waals surface area contributed by atoms with Crippen LogP contribution in [0.4, 0.5) is 0 Å². The molecule has 142 valence electrons. The number of benzene rings is 1. The summed E-state index contributed by atoms with van der Waals surface area (Å²) in [6.45, 7) is 4.57. The maximum absolute atomic E-state index is 12.2. The number of hydrazine groups is 1. The zero-order chi connectivity index (χ0) is 19.1. The average molecular weight is 384 g/mol. The first-order chi connectivity index (χ1) is 12.5. The summed E-state index contributed by atoms with van der Waals surface area (Å²) < 4.78 is 11.0. The van der Waals surface area contributed by atoms with Crippen LogP contribution in [0.1, 0.15) is 43.5 Å². The Morgan fingerprint density at radius 2 is 1.85 bits per heavy atom. The lowest BCUT2D eigenvalue weighted by Crippen LogP contribution is -2.49. The number of hydrogen-bond acceptors (Lipinski definition) is 5. The Labute approximate surface area is 156 Å². The molecule has 3 amide bonds. The third-order valence-corrected chi connectivity index (χ3v) is 3.71. The molecule has 0 bridgehead atoms. The molecular weight excluding hydrogens is 362 g/mol. The Hall–Kier alpha value is -2.48. The van der Waals surface area contributed by atoms with E-state index in [-0.39, 0.29) is 16.6 Å². The van der Waals surface area contributed by atoms with Crippen LogP contribution < -0.4 is 25.6 Å². The highest BCUT2D eigenvalue weighted by molar-refractivity contribution is 6.35. The van der Waals surface area contributed by atoms with Crippen LogP contribution in [-0.4, -0.2) is 37.0 Å². The van der Waals surface area contributed by atoms with E-state index < -0.39 is 17.7 Å². The van der Waals surface area contributed by atoms with Crippen molar-refractivity contribution in [2.75, 3.05) is 13.2 Å². The number of amides is 3. The maximum atomic E-state index is 12.2. The molecule has 3 N–H and O–H groups in total. The Bertz CT molecular complexity index is 691. The molecule has 1 aliphatic carbocycles. The molecule has 1 saturated carbocycles. The molecule has 2 rings (SSSR count). The number of halogens is 1. The van der Waals surface area contributed by atoms with Crippen molar-refractivity contribution in [3.8, 4) is 11.5 Å². The van der Waals surface area contributed by atoms with Gasteiger partial charge < -0.3 is 14.8 Å². The lowest BCUT2D eigenvalue weighted by atomic mass is 10.2. The van der Waals surface area contributed by atoms with Gasteiger partial charge in [0.1, 0.15) is 0 Å². The maximum Gasteiger partial charge on any atom is 0.327 e. The van der Waals surface area contributed by atoms with Crippen LogP contribution in [0.2, 0.25) is 5.02 Å². The van der Waals surface area contributed by atoms with Gasteiger partial charge in [0.15, 0.2) is 11.5 Å². The summed E-state index contributed by atoms with van der Waals surface area (Å²) in [6.07, 6.45) is 2.51. The molecule has 9 heteroatoms. The molecule has 0 saturated heterocycles. The summed E-state index contributed by atoms with van der Waals surface area (Å²) in [6, 6.07) is 2.92. The van der Waals surface area contributed by atoms with E-state index in [1.807, 2.05) is 6.92 Å². The summed E-state index contributed by atoms with van der Waals surface area (Å²) in [5.74, 6) is -1.67. The van der Waals surface area contributed by atoms with Crippen LogP contribution in [-0.2, 0) is 9.59 Å². The van der Waals surface area contributed by atoms with Crippen LogP contribution in [0.25, 0.3) is 0 Å². The van der Waals surface area contributed by atoms with E-state index in [4.69, 9.17) is 21.1 Å². The fourth-order valence-electron chi connectivity index (χ4n) is 2.03. The minimum atomic E-state index is -0.940. The van der Waals surface area contributed by atoms with Crippen molar-refractivity contribution in [1.82, 2.24) is 16.2 Å². The highest BCUT2D eigenvalue weighted by atomic mass is 35.5. The molecule has 1 aromatic rings. The van der Waals surface area contributed by atoms with E-state index in [1.165, 1.54) is 12.1 Å². The van der Waals surface area contributed by atoms with Gasteiger partial charge in [-0.15, -0.1) is 0 Å². The second-order valence-electron chi connectivity index (χ2n) is 5.72. The Balaban J connectivity index is 2.02. The minimum absolute atomic E-state index is 0.0483. The monoisotopic (exact) mass is 383 g/mol. The molecule has 0 aliphatic heterocycles. The Morgan fingerprint density at radius 1 is 1.12 bits per heavy atom. The molecule has 0 atom stereocenters. The fourth-order valence-corrected chi connectivity index (χ4v) is 2.29. The Kier molecular flexibility index (Phi) is 7.08. The van der Waals surface area contributed by atoms with Gasteiger partial charge >= 0.3 is 11.8 Å². The van der Waals surface area contributed by atoms with E-state index >= 15 is 0 Å². The highest BCUT2D eigenvalue weighted by Gasteiger charge is 2.26. The smallest absolute Gasteiger partial charge is 0.327 e. The third kappa shape index (κ3) is 5.52. The fraction of sp³-hybridized carbons (Fsp3) is 0.471. The van der Waals surface area contributed by atoms with Crippen molar-refractivity contribution in [2.45, 2.75) is 39.2 Å². The van der Waals surface area contributed by atoms with Crippen molar-refractivity contribution < 1.29 is 23.9 Å². The average Bonchev–Trinajstić information content (AvgIpc) is 3.42. The van der Waals surface area contributed by atoms with Gasteiger partial charge in [0.2, 0.25) is 0 Å². The predicted octanol–water partition coefficient (Wildman–Crippen LogP) is 1.57. The van der Waals surface area contributed by atoms with Crippen LogP contribution in [0.3, 0.4) is 0 Å². The molecule has 0 aromatic heterocycles. The molecule has 0 heterocycles. The standard InChI is InChI=1S/C17H22ClN3O5/c1-3-7-26-14-12(18)8-10(9-13(14)25-4-2)15(22)20-21-17(24)16(23)19-11-5-6-11/h8-9,11H,3-7H2,1-2H3,(H,19,23)(H,20,22)(H,21,24). The second kappa shape index (κ2) is 9.28. The van der Waals surface area contributed by atoms with Gasteiger partial charge in [-0.2, -0.15) is 0 Å². The summed E-state index contributed by atoms with van der Waals surface area (Å²) in [7, 11) is 0.